The Morgan fingerprint density at radius 1 is 1.38 bits per heavy atom. The normalized spacial score (nSPS) is 15.3. The number of nitrogens with zero attached hydrogens (tertiary/aromatic N) is 1. The number of halogens is 1. The maximum absolute atomic E-state index is 10.5. The highest BCUT2D eigenvalue weighted by atomic mass is 35.5. The molecule has 0 saturated carbocycles. The van der Waals surface area contributed by atoms with Crippen molar-refractivity contribution in [1.82, 2.24) is 0 Å². The van der Waals surface area contributed by atoms with Crippen molar-refractivity contribution < 1.29 is 4.79 Å². The fourth-order valence-electron chi connectivity index (χ4n) is 1.38. The standard InChI is InChI=1S/C10H10ClNO/c11-10-6-9(12-4-1-5-12)3-2-8(10)7-13/h2-3,6-7H,1,4-5H2. The average molecular weight is 196 g/mol. The van der Waals surface area contributed by atoms with Crippen LogP contribution in [0.2, 0.25) is 5.02 Å². The lowest BCUT2D eigenvalue weighted by Crippen LogP contribution is -2.36. The molecule has 0 spiro atoms. The molecule has 0 amide bonds. The van der Waals surface area contributed by atoms with Gasteiger partial charge in [0.15, 0.2) is 6.29 Å². The Balaban J connectivity index is 2.29. The summed E-state index contributed by atoms with van der Waals surface area (Å²) in [4.78, 5) is 12.7. The highest BCUT2D eigenvalue weighted by Gasteiger charge is 2.14. The van der Waals surface area contributed by atoms with Gasteiger partial charge in [-0.3, -0.25) is 4.79 Å². The van der Waals surface area contributed by atoms with Crippen molar-refractivity contribution in [3.8, 4) is 0 Å². The van der Waals surface area contributed by atoms with E-state index in [1.165, 1.54) is 6.42 Å². The summed E-state index contributed by atoms with van der Waals surface area (Å²) in [5.41, 5.74) is 1.67. The zero-order valence-electron chi connectivity index (χ0n) is 7.16. The van der Waals surface area contributed by atoms with Crippen LogP contribution in [0.5, 0.6) is 0 Å². The predicted octanol–water partition coefficient (Wildman–Crippen LogP) is 2.36. The van der Waals surface area contributed by atoms with Gasteiger partial charge < -0.3 is 4.90 Å². The number of carbonyl (C=O) groups excluding carboxylic acids is 1. The van der Waals surface area contributed by atoms with Crippen molar-refractivity contribution in [2.24, 2.45) is 0 Å². The number of aldehydes is 1. The maximum Gasteiger partial charge on any atom is 0.151 e. The Hall–Kier alpha value is -1.02. The van der Waals surface area contributed by atoms with E-state index in [0.717, 1.165) is 25.1 Å². The first-order valence-electron chi connectivity index (χ1n) is 4.31. The van der Waals surface area contributed by atoms with Crippen molar-refractivity contribution in [1.29, 1.82) is 0 Å². The van der Waals surface area contributed by atoms with Crippen molar-refractivity contribution in [2.75, 3.05) is 18.0 Å². The van der Waals surface area contributed by atoms with Gasteiger partial charge in [-0.15, -0.1) is 0 Å². The Bertz CT molecular complexity index is 334. The highest BCUT2D eigenvalue weighted by Crippen LogP contribution is 2.25. The minimum atomic E-state index is 0.541. The van der Waals surface area contributed by atoms with Gasteiger partial charge in [0.05, 0.1) is 5.02 Å². The first kappa shape index (κ1) is 8.57. The molecule has 0 aromatic heterocycles. The van der Waals surface area contributed by atoms with E-state index in [2.05, 4.69) is 4.90 Å². The molecule has 0 N–H and O–H groups in total. The minimum Gasteiger partial charge on any atom is -0.371 e. The van der Waals surface area contributed by atoms with Gasteiger partial charge in [0, 0.05) is 24.3 Å². The zero-order valence-corrected chi connectivity index (χ0v) is 7.92. The number of hydrogen-bond acceptors (Lipinski definition) is 2. The molecule has 1 aliphatic heterocycles. The predicted molar refractivity (Wildman–Crippen MR) is 53.7 cm³/mol. The molecule has 13 heavy (non-hydrogen) atoms. The molecule has 2 rings (SSSR count). The third kappa shape index (κ3) is 1.54. The fourth-order valence-corrected chi connectivity index (χ4v) is 1.60. The smallest absolute Gasteiger partial charge is 0.151 e. The second kappa shape index (κ2) is 3.38. The average Bonchev–Trinajstić information content (AvgIpc) is 2.01. The van der Waals surface area contributed by atoms with Crippen molar-refractivity contribution >= 4 is 23.6 Å². The van der Waals surface area contributed by atoms with Crippen LogP contribution in [0.15, 0.2) is 18.2 Å². The van der Waals surface area contributed by atoms with E-state index in [1.54, 1.807) is 6.07 Å². The molecule has 0 aliphatic carbocycles. The van der Waals surface area contributed by atoms with Crippen molar-refractivity contribution in [2.45, 2.75) is 6.42 Å². The lowest BCUT2D eigenvalue weighted by Gasteiger charge is -2.33. The van der Waals surface area contributed by atoms with Gasteiger partial charge in [-0.1, -0.05) is 11.6 Å². The van der Waals surface area contributed by atoms with Crippen LogP contribution in [0.4, 0.5) is 5.69 Å². The van der Waals surface area contributed by atoms with E-state index in [0.29, 0.717) is 10.6 Å². The van der Waals surface area contributed by atoms with E-state index in [-0.39, 0.29) is 0 Å². The van der Waals surface area contributed by atoms with Crippen LogP contribution in [-0.4, -0.2) is 19.4 Å². The Morgan fingerprint density at radius 3 is 2.62 bits per heavy atom. The first-order valence-corrected chi connectivity index (χ1v) is 4.69. The van der Waals surface area contributed by atoms with Gasteiger partial charge in [-0.05, 0) is 24.6 Å². The minimum absolute atomic E-state index is 0.541. The Kier molecular flexibility index (Phi) is 2.23. The molecule has 1 aromatic carbocycles. The summed E-state index contributed by atoms with van der Waals surface area (Å²) in [7, 11) is 0. The van der Waals surface area contributed by atoms with Crippen LogP contribution in [0.25, 0.3) is 0 Å². The van der Waals surface area contributed by atoms with Gasteiger partial charge in [0.25, 0.3) is 0 Å². The fraction of sp³-hybridized carbons (Fsp3) is 0.300. The quantitative estimate of drug-likeness (QED) is 0.676. The van der Waals surface area contributed by atoms with E-state index >= 15 is 0 Å². The summed E-state index contributed by atoms with van der Waals surface area (Å²) < 4.78 is 0. The topological polar surface area (TPSA) is 20.3 Å². The number of carbonyl (C=O) groups is 1. The van der Waals surface area contributed by atoms with E-state index in [9.17, 15) is 4.79 Å². The number of benzene rings is 1. The largest absolute Gasteiger partial charge is 0.371 e. The van der Waals surface area contributed by atoms with Crippen LogP contribution < -0.4 is 4.90 Å². The molecule has 1 fully saturated rings. The van der Waals surface area contributed by atoms with E-state index in [4.69, 9.17) is 11.6 Å². The molecule has 1 aliphatic rings. The number of anilines is 1. The summed E-state index contributed by atoms with van der Waals surface area (Å²) in [5, 5.41) is 0.541. The molecular weight excluding hydrogens is 186 g/mol. The molecule has 3 heteroatoms. The molecule has 0 unspecified atom stereocenters. The SMILES string of the molecule is O=Cc1ccc(N2CCC2)cc1Cl. The molecule has 68 valence electrons. The van der Waals surface area contributed by atoms with Gasteiger partial charge in [-0.2, -0.15) is 0 Å². The van der Waals surface area contributed by atoms with Crippen LogP contribution in [-0.2, 0) is 0 Å². The summed E-state index contributed by atoms with van der Waals surface area (Å²) in [6.45, 7) is 2.19. The van der Waals surface area contributed by atoms with Crippen LogP contribution >= 0.6 is 11.6 Å². The summed E-state index contributed by atoms with van der Waals surface area (Å²) >= 11 is 5.90. The molecular formula is C10H10ClNO. The molecule has 2 nitrogen and oxygen atoms in total. The van der Waals surface area contributed by atoms with Gasteiger partial charge in [0.2, 0.25) is 0 Å². The number of hydrogen-bond donors (Lipinski definition) is 0. The zero-order chi connectivity index (χ0) is 9.26. The summed E-state index contributed by atoms with van der Waals surface area (Å²) in [6, 6.07) is 5.56. The second-order valence-electron chi connectivity index (χ2n) is 3.16. The van der Waals surface area contributed by atoms with Gasteiger partial charge in [-0.25, -0.2) is 0 Å². The third-order valence-electron chi connectivity index (χ3n) is 2.33. The molecule has 1 heterocycles. The van der Waals surface area contributed by atoms with Crippen molar-refractivity contribution in [3.63, 3.8) is 0 Å². The monoisotopic (exact) mass is 195 g/mol. The summed E-state index contributed by atoms with van der Waals surface area (Å²) in [5.74, 6) is 0. The highest BCUT2D eigenvalue weighted by molar-refractivity contribution is 6.33. The molecule has 0 atom stereocenters. The number of rotatable bonds is 2. The molecule has 0 bridgehead atoms. The molecule has 0 radical (unpaired) electrons. The van der Waals surface area contributed by atoms with Crippen LogP contribution in [0.1, 0.15) is 16.8 Å². The van der Waals surface area contributed by atoms with Gasteiger partial charge >= 0.3 is 0 Å². The van der Waals surface area contributed by atoms with Crippen LogP contribution in [0, 0.1) is 0 Å². The maximum atomic E-state index is 10.5. The lowest BCUT2D eigenvalue weighted by atomic mass is 10.1. The lowest BCUT2D eigenvalue weighted by molar-refractivity contribution is 0.112. The van der Waals surface area contributed by atoms with Crippen molar-refractivity contribution in [3.05, 3.63) is 28.8 Å². The third-order valence-corrected chi connectivity index (χ3v) is 2.66. The molecule has 1 aromatic rings. The first-order chi connectivity index (χ1) is 6.31. The van der Waals surface area contributed by atoms with E-state index in [1.807, 2.05) is 12.1 Å². The second-order valence-corrected chi connectivity index (χ2v) is 3.57. The van der Waals surface area contributed by atoms with Crippen LogP contribution in [0.3, 0.4) is 0 Å². The van der Waals surface area contributed by atoms with E-state index < -0.39 is 0 Å². The molecule has 1 saturated heterocycles. The summed E-state index contributed by atoms with van der Waals surface area (Å²) in [6.07, 6.45) is 2.02. The Labute approximate surface area is 82.1 Å². The van der Waals surface area contributed by atoms with Gasteiger partial charge in [0.1, 0.15) is 0 Å². The Morgan fingerprint density at radius 2 is 2.15 bits per heavy atom.